The highest BCUT2D eigenvalue weighted by molar-refractivity contribution is 7.91. The van der Waals surface area contributed by atoms with E-state index in [4.69, 9.17) is 21.8 Å². The lowest BCUT2D eigenvalue weighted by Crippen LogP contribution is -2.36. The zero-order valence-corrected chi connectivity index (χ0v) is 13.4. The molecular weight excluding hydrogens is 336 g/mol. The van der Waals surface area contributed by atoms with Crippen molar-refractivity contribution in [2.24, 2.45) is 4.40 Å². The lowest BCUT2D eigenvalue weighted by molar-refractivity contribution is 0.183. The van der Waals surface area contributed by atoms with Gasteiger partial charge in [-0.2, -0.15) is 0 Å². The van der Waals surface area contributed by atoms with Crippen molar-refractivity contribution in [3.63, 3.8) is 0 Å². The SMILES string of the molecule is CC(C)(C)[S@+]([O-])/N=C/c1nc(N(C(=O)O)C(=O)O)ncc1Cl. The summed E-state index contributed by atoms with van der Waals surface area (Å²) in [7, 11) is 0. The molecule has 22 heavy (non-hydrogen) atoms. The van der Waals surface area contributed by atoms with Crippen LogP contribution in [0.5, 0.6) is 0 Å². The predicted octanol–water partition coefficient (Wildman–Crippen LogP) is 2.17. The Morgan fingerprint density at radius 3 is 2.41 bits per heavy atom. The first kappa shape index (κ1) is 18.1. The minimum atomic E-state index is -1.77. The second kappa shape index (κ2) is 6.90. The Labute approximate surface area is 134 Å². The fourth-order valence-corrected chi connectivity index (χ4v) is 1.73. The number of carbonyl (C=O) groups is 2. The average Bonchev–Trinajstić information content (AvgIpc) is 2.36. The summed E-state index contributed by atoms with van der Waals surface area (Å²) in [6.45, 7) is 5.14. The summed E-state index contributed by atoms with van der Waals surface area (Å²) >= 11 is 4.25. The first-order valence-corrected chi connectivity index (χ1v) is 7.27. The van der Waals surface area contributed by atoms with Crippen LogP contribution >= 0.6 is 11.6 Å². The van der Waals surface area contributed by atoms with E-state index < -0.39 is 34.2 Å². The Morgan fingerprint density at radius 1 is 1.41 bits per heavy atom. The molecule has 1 rings (SSSR count). The van der Waals surface area contributed by atoms with Crippen LogP contribution in [0.3, 0.4) is 0 Å². The maximum absolute atomic E-state index is 11.8. The van der Waals surface area contributed by atoms with Gasteiger partial charge in [-0.1, -0.05) is 16.0 Å². The molecule has 0 aliphatic heterocycles. The molecule has 1 aromatic heterocycles. The van der Waals surface area contributed by atoms with Gasteiger partial charge in [-0.25, -0.2) is 19.6 Å². The van der Waals surface area contributed by atoms with Crippen LogP contribution in [0.2, 0.25) is 5.02 Å². The molecule has 1 atom stereocenters. The summed E-state index contributed by atoms with van der Waals surface area (Å²) in [6, 6.07) is 0. The molecule has 0 aliphatic carbocycles. The van der Waals surface area contributed by atoms with Crippen LogP contribution < -0.4 is 4.90 Å². The van der Waals surface area contributed by atoms with Crippen molar-refractivity contribution in [2.45, 2.75) is 25.5 Å². The van der Waals surface area contributed by atoms with Gasteiger partial charge in [-0.3, -0.25) is 0 Å². The fourth-order valence-electron chi connectivity index (χ4n) is 1.08. The third kappa shape index (κ3) is 4.55. The topological polar surface area (TPSA) is 139 Å². The van der Waals surface area contributed by atoms with Crippen molar-refractivity contribution in [1.29, 1.82) is 0 Å². The van der Waals surface area contributed by atoms with E-state index in [1.54, 1.807) is 20.8 Å². The van der Waals surface area contributed by atoms with E-state index in [2.05, 4.69) is 14.4 Å². The van der Waals surface area contributed by atoms with E-state index >= 15 is 0 Å². The zero-order valence-electron chi connectivity index (χ0n) is 11.8. The van der Waals surface area contributed by atoms with Gasteiger partial charge in [-0.05, 0) is 20.8 Å². The predicted molar refractivity (Wildman–Crippen MR) is 81.1 cm³/mol. The maximum atomic E-state index is 11.8. The van der Waals surface area contributed by atoms with Crippen LogP contribution in [0, 0.1) is 0 Å². The van der Waals surface area contributed by atoms with Gasteiger partial charge in [0.05, 0.1) is 11.2 Å². The van der Waals surface area contributed by atoms with Gasteiger partial charge in [-0.15, -0.1) is 4.90 Å². The minimum absolute atomic E-state index is 0.00846. The molecule has 0 radical (unpaired) electrons. The highest BCUT2D eigenvalue weighted by atomic mass is 35.5. The van der Waals surface area contributed by atoms with Crippen molar-refractivity contribution in [2.75, 3.05) is 4.90 Å². The Bertz CT molecular complexity index is 605. The molecule has 2 N–H and O–H groups in total. The van der Waals surface area contributed by atoms with Gasteiger partial charge < -0.3 is 14.8 Å². The Hall–Kier alpha value is -1.91. The number of carboxylic acid groups (broad SMARTS) is 2. The number of halogens is 1. The fraction of sp³-hybridized carbons (Fsp3) is 0.364. The van der Waals surface area contributed by atoms with Gasteiger partial charge in [0, 0.05) is 0 Å². The third-order valence-corrected chi connectivity index (χ3v) is 3.77. The van der Waals surface area contributed by atoms with Crippen LogP contribution in [0.1, 0.15) is 26.5 Å². The summed E-state index contributed by atoms with van der Waals surface area (Å²) in [5.41, 5.74) is -0.0447. The molecule has 1 aromatic rings. The lowest BCUT2D eigenvalue weighted by Gasteiger charge is -2.17. The van der Waals surface area contributed by atoms with E-state index in [1.807, 2.05) is 0 Å². The number of amides is 2. The maximum Gasteiger partial charge on any atom is 0.424 e. The monoisotopic (exact) mass is 348 g/mol. The molecule has 0 unspecified atom stereocenters. The minimum Gasteiger partial charge on any atom is -0.591 e. The smallest absolute Gasteiger partial charge is 0.424 e. The second-order valence-electron chi connectivity index (χ2n) is 4.90. The number of imide groups is 1. The van der Waals surface area contributed by atoms with Crippen molar-refractivity contribution in [3.05, 3.63) is 16.9 Å². The first-order chi connectivity index (χ1) is 10.0. The molecule has 0 spiro atoms. The normalized spacial score (nSPS) is 13.1. The van der Waals surface area contributed by atoms with E-state index in [9.17, 15) is 14.1 Å². The Morgan fingerprint density at radius 2 is 1.95 bits per heavy atom. The summed E-state index contributed by atoms with van der Waals surface area (Å²) in [5, 5.41) is 17.7. The van der Waals surface area contributed by atoms with E-state index in [-0.39, 0.29) is 15.6 Å². The van der Waals surface area contributed by atoms with Crippen molar-refractivity contribution in [3.8, 4) is 0 Å². The van der Waals surface area contributed by atoms with E-state index in [0.29, 0.717) is 0 Å². The van der Waals surface area contributed by atoms with Crippen molar-refractivity contribution >= 4 is 47.3 Å². The van der Waals surface area contributed by atoms with Gasteiger partial charge in [0.15, 0.2) is 0 Å². The molecule has 1 heterocycles. The zero-order chi connectivity index (χ0) is 17.1. The Kier molecular flexibility index (Phi) is 5.69. The highest BCUT2D eigenvalue weighted by Gasteiger charge is 2.27. The molecule has 9 nitrogen and oxygen atoms in total. The number of hydrogen-bond donors (Lipinski definition) is 2. The van der Waals surface area contributed by atoms with Crippen LogP contribution in [-0.4, -0.2) is 47.9 Å². The Balaban J connectivity index is 3.18. The number of nitrogens with zero attached hydrogens (tertiary/aromatic N) is 4. The number of anilines is 1. The molecule has 0 aliphatic rings. The lowest BCUT2D eigenvalue weighted by atomic mass is 10.3. The molecular formula is C11H13ClN4O5S. The molecule has 0 saturated carbocycles. The molecule has 11 heteroatoms. The van der Waals surface area contributed by atoms with Crippen LogP contribution in [0.25, 0.3) is 0 Å². The molecule has 0 bridgehead atoms. The standard InChI is InChI=1S/C11H13ClN4O5S/c1-11(2,3)22(21)14-5-7-6(12)4-13-8(15-7)16(9(17)18)10(19)20/h4-5H,1-3H3,(H,17,18)(H,19,20)/b14-5+/t22-/m0/s1. The van der Waals surface area contributed by atoms with Gasteiger partial charge in [0.25, 0.3) is 0 Å². The second-order valence-corrected chi connectivity index (χ2v) is 7.24. The van der Waals surface area contributed by atoms with Crippen molar-refractivity contribution in [1.82, 2.24) is 9.97 Å². The average molecular weight is 349 g/mol. The summed E-state index contributed by atoms with van der Waals surface area (Å²) < 4.78 is 15.0. The molecule has 0 aromatic carbocycles. The summed E-state index contributed by atoms with van der Waals surface area (Å²) in [6.07, 6.45) is -1.42. The van der Waals surface area contributed by atoms with Crippen LogP contribution in [0.4, 0.5) is 15.5 Å². The first-order valence-electron chi connectivity index (χ1n) is 5.78. The van der Waals surface area contributed by atoms with Crippen LogP contribution in [0.15, 0.2) is 10.6 Å². The van der Waals surface area contributed by atoms with Gasteiger partial charge >= 0.3 is 12.2 Å². The third-order valence-electron chi connectivity index (χ3n) is 2.14. The van der Waals surface area contributed by atoms with Gasteiger partial charge in [0.1, 0.15) is 28.0 Å². The quantitative estimate of drug-likeness (QED) is 0.630. The van der Waals surface area contributed by atoms with Crippen molar-refractivity contribution < 1.29 is 24.4 Å². The molecule has 2 amide bonds. The molecule has 120 valence electrons. The molecule has 0 saturated heterocycles. The number of hydrogen-bond acceptors (Lipinski definition) is 6. The summed E-state index contributed by atoms with van der Waals surface area (Å²) in [5.74, 6) is -0.604. The van der Waals surface area contributed by atoms with E-state index in [1.165, 1.54) is 0 Å². The largest absolute Gasteiger partial charge is 0.591 e. The van der Waals surface area contributed by atoms with E-state index in [0.717, 1.165) is 12.4 Å². The van der Waals surface area contributed by atoms with Gasteiger partial charge in [0.2, 0.25) is 5.95 Å². The highest BCUT2D eigenvalue weighted by Crippen LogP contribution is 2.19. The van der Waals surface area contributed by atoms with Crippen LogP contribution in [-0.2, 0) is 11.4 Å². The number of aromatic nitrogens is 2. The molecule has 0 fully saturated rings. The summed E-state index contributed by atoms with van der Waals surface area (Å²) in [4.78, 5) is 28.9. The number of rotatable bonds is 3.